The number of amides is 1. The van der Waals surface area contributed by atoms with Crippen molar-refractivity contribution < 1.29 is 9.69 Å². The van der Waals surface area contributed by atoms with Crippen molar-refractivity contribution in [3.63, 3.8) is 0 Å². The van der Waals surface area contributed by atoms with Crippen molar-refractivity contribution >= 4 is 34.8 Å². The summed E-state index contributed by atoms with van der Waals surface area (Å²) in [5.74, 6) is -0.129. The Balaban J connectivity index is 1.94. The van der Waals surface area contributed by atoms with Crippen molar-refractivity contribution in [1.29, 1.82) is 5.26 Å². The molecule has 0 fully saturated rings. The van der Waals surface area contributed by atoms with E-state index in [0.717, 1.165) is 10.5 Å². The summed E-state index contributed by atoms with van der Waals surface area (Å²) in [6, 6.07) is 14.5. The molecule has 2 aromatic carbocycles. The highest BCUT2D eigenvalue weighted by atomic mass is 35.5. The molecule has 118 valence electrons. The molecule has 2 N–H and O–H groups in total. The third-order valence-corrected chi connectivity index (χ3v) is 4.03. The molecule has 0 aliphatic carbocycles. The summed E-state index contributed by atoms with van der Waals surface area (Å²) >= 11 is 11.8. The topological polar surface area (TPSA) is 57.3 Å². The van der Waals surface area contributed by atoms with Crippen molar-refractivity contribution in [2.45, 2.75) is 6.54 Å². The Kier molecular flexibility index (Phi) is 6.00. The third-order valence-electron chi connectivity index (χ3n) is 3.30. The van der Waals surface area contributed by atoms with Gasteiger partial charge in [0.05, 0.1) is 28.7 Å². The minimum atomic E-state index is -0.129. The standard InChI is InChI=1S/C17H15Cl2N3O/c1-22(10-13-5-3-2-4-12(13)9-20)11-17(23)21-14-6-7-15(18)16(19)8-14/h2-8H,10-11H2,1H3,(H,21,23)/p+1. The van der Waals surface area contributed by atoms with E-state index < -0.39 is 0 Å². The number of nitrogens with one attached hydrogen (secondary N) is 2. The summed E-state index contributed by atoms with van der Waals surface area (Å²) in [6.07, 6.45) is 0. The smallest absolute Gasteiger partial charge is 0.279 e. The Bertz CT molecular complexity index is 756. The maximum atomic E-state index is 12.1. The molecular formula is C17H16Cl2N3O+. The highest BCUT2D eigenvalue weighted by Gasteiger charge is 2.13. The molecule has 0 aliphatic heterocycles. The van der Waals surface area contributed by atoms with Gasteiger partial charge in [-0.05, 0) is 24.3 Å². The van der Waals surface area contributed by atoms with Gasteiger partial charge in [-0.25, -0.2) is 0 Å². The van der Waals surface area contributed by atoms with Gasteiger partial charge in [0.1, 0.15) is 6.54 Å². The van der Waals surface area contributed by atoms with E-state index >= 15 is 0 Å². The first-order valence-electron chi connectivity index (χ1n) is 7.04. The number of halogens is 2. The Labute approximate surface area is 145 Å². The average Bonchev–Trinajstić information content (AvgIpc) is 2.51. The van der Waals surface area contributed by atoms with E-state index in [-0.39, 0.29) is 12.5 Å². The molecular weight excluding hydrogens is 333 g/mol. The highest BCUT2D eigenvalue weighted by Crippen LogP contribution is 2.24. The molecule has 0 saturated heterocycles. The lowest BCUT2D eigenvalue weighted by Gasteiger charge is -2.14. The van der Waals surface area contributed by atoms with Gasteiger partial charge in [-0.2, -0.15) is 5.26 Å². The maximum absolute atomic E-state index is 12.1. The minimum absolute atomic E-state index is 0.129. The first-order chi connectivity index (χ1) is 11.0. The van der Waals surface area contributed by atoms with Crippen LogP contribution in [0, 0.1) is 11.3 Å². The zero-order valence-electron chi connectivity index (χ0n) is 12.6. The van der Waals surface area contributed by atoms with Gasteiger partial charge >= 0.3 is 0 Å². The molecule has 0 aromatic heterocycles. The van der Waals surface area contributed by atoms with Crippen molar-refractivity contribution in [1.82, 2.24) is 0 Å². The molecule has 0 bridgehead atoms. The van der Waals surface area contributed by atoms with Crippen LogP contribution < -0.4 is 10.2 Å². The van der Waals surface area contributed by atoms with Gasteiger partial charge in [-0.1, -0.05) is 41.4 Å². The Morgan fingerprint density at radius 1 is 1.22 bits per heavy atom. The first kappa shape index (κ1) is 17.3. The predicted octanol–water partition coefficient (Wildman–Crippen LogP) is 2.52. The van der Waals surface area contributed by atoms with E-state index in [9.17, 15) is 4.79 Å². The van der Waals surface area contributed by atoms with Gasteiger partial charge in [0.2, 0.25) is 0 Å². The maximum Gasteiger partial charge on any atom is 0.279 e. The lowest BCUT2D eigenvalue weighted by Crippen LogP contribution is -3.08. The Hall–Kier alpha value is -2.06. The number of hydrogen-bond acceptors (Lipinski definition) is 2. The van der Waals surface area contributed by atoms with Crippen LogP contribution in [0.2, 0.25) is 10.0 Å². The fourth-order valence-electron chi connectivity index (χ4n) is 2.22. The molecule has 1 atom stereocenters. The predicted molar refractivity (Wildman–Crippen MR) is 91.7 cm³/mol. The van der Waals surface area contributed by atoms with Gasteiger partial charge in [0.15, 0.2) is 6.54 Å². The fourth-order valence-corrected chi connectivity index (χ4v) is 2.52. The number of carbonyl (C=O) groups excluding carboxylic acids is 1. The van der Waals surface area contributed by atoms with Gasteiger partial charge in [0, 0.05) is 11.3 Å². The van der Waals surface area contributed by atoms with E-state index in [1.54, 1.807) is 24.3 Å². The van der Waals surface area contributed by atoms with Crippen LogP contribution in [0.25, 0.3) is 0 Å². The normalized spacial score (nSPS) is 11.6. The number of rotatable bonds is 5. The second-order valence-corrected chi connectivity index (χ2v) is 6.07. The molecule has 0 radical (unpaired) electrons. The number of quaternary nitrogens is 1. The summed E-state index contributed by atoms with van der Waals surface area (Å²) in [4.78, 5) is 13.1. The van der Waals surface area contributed by atoms with E-state index in [1.165, 1.54) is 0 Å². The molecule has 2 aromatic rings. The molecule has 0 saturated carbocycles. The largest absolute Gasteiger partial charge is 0.326 e. The third kappa shape index (κ3) is 4.97. The van der Waals surface area contributed by atoms with Crippen LogP contribution in [0.5, 0.6) is 0 Å². The zero-order chi connectivity index (χ0) is 16.8. The number of nitrogens with zero attached hydrogens (tertiary/aromatic N) is 1. The number of anilines is 1. The average molecular weight is 349 g/mol. The molecule has 0 heterocycles. The fraction of sp³-hybridized carbons (Fsp3) is 0.176. The molecule has 1 amide bonds. The van der Waals surface area contributed by atoms with Gasteiger partial charge < -0.3 is 10.2 Å². The molecule has 23 heavy (non-hydrogen) atoms. The van der Waals surface area contributed by atoms with Crippen molar-refractivity contribution in [3.05, 3.63) is 63.6 Å². The van der Waals surface area contributed by atoms with Crippen LogP contribution in [0.1, 0.15) is 11.1 Å². The number of carbonyl (C=O) groups is 1. The zero-order valence-corrected chi connectivity index (χ0v) is 14.1. The Morgan fingerprint density at radius 3 is 2.65 bits per heavy atom. The van der Waals surface area contributed by atoms with Crippen LogP contribution in [0.15, 0.2) is 42.5 Å². The van der Waals surface area contributed by atoms with Gasteiger partial charge in [-0.3, -0.25) is 4.79 Å². The van der Waals surface area contributed by atoms with Gasteiger partial charge in [-0.15, -0.1) is 0 Å². The van der Waals surface area contributed by atoms with Crippen LogP contribution in [0.3, 0.4) is 0 Å². The van der Waals surface area contributed by atoms with Crippen LogP contribution in [-0.2, 0) is 11.3 Å². The molecule has 1 unspecified atom stereocenters. The van der Waals surface area contributed by atoms with E-state index in [4.69, 9.17) is 28.5 Å². The van der Waals surface area contributed by atoms with Crippen molar-refractivity contribution in [3.8, 4) is 6.07 Å². The summed E-state index contributed by atoms with van der Waals surface area (Å²) in [5, 5.41) is 12.7. The van der Waals surface area contributed by atoms with E-state index in [0.29, 0.717) is 27.8 Å². The lowest BCUT2D eigenvalue weighted by molar-refractivity contribution is -0.885. The second-order valence-electron chi connectivity index (χ2n) is 5.26. The number of benzene rings is 2. The first-order valence-corrected chi connectivity index (χ1v) is 7.79. The highest BCUT2D eigenvalue weighted by molar-refractivity contribution is 6.42. The monoisotopic (exact) mass is 348 g/mol. The number of hydrogen-bond donors (Lipinski definition) is 2. The van der Waals surface area contributed by atoms with Crippen LogP contribution in [0.4, 0.5) is 5.69 Å². The SMILES string of the molecule is C[NH+](CC(=O)Nc1ccc(Cl)c(Cl)c1)Cc1ccccc1C#N. The molecule has 2 rings (SSSR count). The van der Waals surface area contributed by atoms with Crippen LogP contribution >= 0.6 is 23.2 Å². The summed E-state index contributed by atoms with van der Waals surface area (Å²) in [7, 11) is 1.91. The minimum Gasteiger partial charge on any atom is -0.326 e. The van der Waals surface area contributed by atoms with Crippen molar-refractivity contribution in [2.24, 2.45) is 0 Å². The molecule has 0 aliphatic rings. The molecule has 0 spiro atoms. The molecule has 4 nitrogen and oxygen atoms in total. The van der Waals surface area contributed by atoms with E-state index in [2.05, 4.69) is 11.4 Å². The van der Waals surface area contributed by atoms with Crippen LogP contribution in [-0.4, -0.2) is 19.5 Å². The van der Waals surface area contributed by atoms with Crippen molar-refractivity contribution in [2.75, 3.05) is 18.9 Å². The number of nitriles is 1. The molecule has 6 heteroatoms. The Morgan fingerprint density at radius 2 is 1.96 bits per heavy atom. The quantitative estimate of drug-likeness (QED) is 0.872. The van der Waals surface area contributed by atoms with Gasteiger partial charge in [0.25, 0.3) is 5.91 Å². The summed E-state index contributed by atoms with van der Waals surface area (Å²) in [5.41, 5.74) is 2.17. The number of likely N-dealkylation sites (N-methyl/N-ethyl adjacent to an activating group) is 1. The summed E-state index contributed by atoms with van der Waals surface area (Å²) < 4.78 is 0. The second kappa shape index (κ2) is 7.98. The summed E-state index contributed by atoms with van der Waals surface area (Å²) in [6.45, 7) is 0.874. The van der Waals surface area contributed by atoms with E-state index in [1.807, 2.05) is 25.2 Å². The lowest BCUT2D eigenvalue weighted by atomic mass is 10.1.